The zero-order chi connectivity index (χ0) is 12.7. The van der Waals surface area contributed by atoms with E-state index in [4.69, 9.17) is 11.6 Å². The van der Waals surface area contributed by atoms with E-state index in [1.165, 1.54) is 18.4 Å². The van der Waals surface area contributed by atoms with Gasteiger partial charge in [0.2, 0.25) is 0 Å². The highest BCUT2D eigenvalue weighted by Crippen LogP contribution is 2.21. The van der Waals surface area contributed by atoms with E-state index in [2.05, 4.69) is 31.1 Å². The normalized spacial score (nSPS) is 13.0. The molecule has 0 radical (unpaired) electrons. The minimum atomic E-state index is 0.509. The van der Waals surface area contributed by atoms with Crippen molar-refractivity contribution in [3.63, 3.8) is 0 Å². The molecule has 1 atom stereocenters. The first kappa shape index (κ1) is 14.5. The van der Waals surface area contributed by atoms with Gasteiger partial charge in [0.05, 0.1) is 5.02 Å². The van der Waals surface area contributed by atoms with E-state index in [0.29, 0.717) is 12.0 Å². The number of hydrogen-bond donors (Lipinski definition) is 1. The standard InChI is InChI=1S/C14H23ClN2/c1-4-11(5-2)14(17-6-3)9-12-7-8-16-10-13(12)15/h7-8,10-11,14,17H,4-6,9H2,1-3H3. The molecule has 0 bridgehead atoms. The van der Waals surface area contributed by atoms with Gasteiger partial charge in [-0.1, -0.05) is 45.2 Å². The van der Waals surface area contributed by atoms with Crippen LogP contribution >= 0.6 is 11.6 Å². The highest BCUT2D eigenvalue weighted by atomic mass is 35.5. The summed E-state index contributed by atoms with van der Waals surface area (Å²) in [6.07, 6.45) is 6.94. The maximum atomic E-state index is 6.17. The Balaban J connectivity index is 2.75. The highest BCUT2D eigenvalue weighted by molar-refractivity contribution is 6.31. The van der Waals surface area contributed by atoms with Crippen LogP contribution in [0.15, 0.2) is 18.5 Å². The van der Waals surface area contributed by atoms with Crippen molar-refractivity contribution in [3.05, 3.63) is 29.0 Å². The Morgan fingerprint density at radius 1 is 1.29 bits per heavy atom. The van der Waals surface area contributed by atoms with Gasteiger partial charge in [0.15, 0.2) is 0 Å². The Morgan fingerprint density at radius 2 is 2.00 bits per heavy atom. The highest BCUT2D eigenvalue weighted by Gasteiger charge is 2.18. The summed E-state index contributed by atoms with van der Waals surface area (Å²) < 4.78 is 0. The van der Waals surface area contributed by atoms with Gasteiger partial charge in [-0.2, -0.15) is 0 Å². The van der Waals surface area contributed by atoms with Crippen LogP contribution in [0.4, 0.5) is 0 Å². The fraction of sp³-hybridized carbons (Fsp3) is 0.643. The molecule has 2 nitrogen and oxygen atoms in total. The van der Waals surface area contributed by atoms with E-state index >= 15 is 0 Å². The molecule has 0 saturated heterocycles. The molecule has 0 aromatic carbocycles. The first-order valence-corrected chi connectivity index (χ1v) is 6.92. The third-order valence-electron chi connectivity index (χ3n) is 3.38. The zero-order valence-electron chi connectivity index (χ0n) is 11.0. The molecule has 1 unspecified atom stereocenters. The fourth-order valence-electron chi connectivity index (χ4n) is 2.33. The SMILES string of the molecule is CCNC(Cc1ccncc1Cl)C(CC)CC. The minimum Gasteiger partial charge on any atom is -0.314 e. The smallest absolute Gasteiger partial charge is 0.0621 e. The van der Waals surface area contributed by atoms with Crippen LogP contribution in [0.25, 0.3) is 0 Å². The summed E-state index contributed by atoms with van der Waals surface area (Å²) in [6.45, 7) is 7.67. The first-order valence-electron chi connectivity index (χ1n) is 6.54. The van der Waals surface area contributed by atoms with E-state index < -0.39 is 0 Å². The molecule has 1 aromatic rings. The van der Waals surface area contributed by atoms with Gasteiger partial charge in [0.25, 0.3) is 0 Å². The van der Waals surface area contributed by atoms with Crippen LogP contribution in [0.5, 0.6) is 0 Å². The van der Waals surface area contributed by atoms with Crippen molar-refractivity contribution < 1.29 is 0 Å². The van der Waals surface area contributed by atoms with Crippen LogP contribution in [-0.4, -0.2) is 17.6 Å². The maximum absolute atomic E-state index is 6.17. The Hall–Kier alpha value is -0.600. The third-order valence-corrected chi connectivity index (χ3v) is 3.72. The van der Waals surface area contributed by atoms with Crippen LogP contribution in [0, 0.1) is 5.92 Å². The lowest BCUT2D eigenvalue weighted by molar-refractivity contribution is 0.336. The summed E-state index contributed by atoms with van der Waals surface area (Å²) in [4.78, 5) is 4.03. The van der Waals surface area contributed by atoms with Gasteiger partial charge in [-0.05, 0) is 30.5 Å². The van der Waals surface area contributed by atoms with Crippen molar-refractivity contribution >= 4 is 11.6 Å². The van der Waals surface area contributed by atoms with Gasteiger partial charge in [-0.25, -0.2) is 0 Å². The van der Waals surface area contributed by atoms with E-state index in [1.54, 1.807) is 6.20 Å². The summed E-state index contributed by atoms with van der Waals surface area (Å²) in [5, 5.41) is 4.36. The summed E-state index contributed by atoms with van der Waals surface area (Å²) in [7, 11) is 0. The molecule has 3 heteroatoms. The average Bonchev–Trinajstić information content (AvgIpc) is 2.34. The molecular weight excluding hydrogens is 232 g/mol. The van der Waals surface area contributed by atoms with Crippen LogP contribution in [0.2, 0.25) is 5.02 Å². The number of nitrogens with zero attached hydrogens (tertiary/aromatic N) is 1. The molecule has 0 fully saturated rings. The first-order chi connectivity index (χ1) is 8.22. The molecule has 1 heterocycles. The molecule has 96 valence electrons. The Bertz CT molecular complexity index is 324. The minimum absolute atomic E-state index is 0.509. The molecule has 0 aliphatic rings. The van der Waals surface area contributed by atoms with Gasteiger partial charge in [0.1, 0.15) is 0 Å². The quantitative estimate of drug-likeness (QED) is 0.803. The summed E-state index contributed by atoms with van der Waals surface area (Å²) in [6, 6.07) is 2.53. The lowest BCUT2D eigenvalue weighted by Gasteiger charge is -2.26. The largest absolute Gasteiger partial charge is 0.314 e. The molecule has 0 amide bonds. The molecule has 1 rings (SSSR count). The van der Waals surface area contributed by atoms with Gasteiger partial charge in [0, 0.05) is 18.4 Å². The van der Waals surface area contributed by atoms with E-state index in [1.807, 2.05) is 12.3 Å². The summed E-state index contributed by atoms with van der Waals surface area (Å²) >= 11 is 6.17. The molecule has 17 heavy (non-hydrogen) atoms. The second-order valence-electron chi connectivity index (χ2n) is 4.41. The number of nitrogens with one attached hydrogen (secondary N) is 1. The van der Waals surface area contributed by atoms with Crippen molar-refractivity contribution in [1.82, 2.24) is 10.3 Å². The van der Waals surface area contributed by atoms with Crippen LogP contribution in [0.3, 0.4) is 0 Å². The van der Waals surface area contributed by atoms with E-state index in [0.717, 1.165) is 18.0 Å². The molecule has 0 aliphatic carbocycles. The maximum Gasteiger partial charge on any atom is 0.0621 e. The van der Waals surface area contributed by atoms with Crippen molar-refractivity contribution in [2.75, 3.05) is 6.54 Å². The van der Waals surface area contributed by atoms with Crippen molar-refractivity contribution in [2.24, 2.45) is 5.92 Å². The Morgan fingerprint density at radius 3 is 2.53 bits per heavy atom. The number of halogens is 1. The lowest BCUT2D eigenvalue weighted by Crippen LogP contribution is -2.37. The number of hydrogen-bond acceptors (Lipinski definition) is 2. The van der Waals surface area contributed by atoms with Gasteiger partial charge >= 0.3 is 0 Å². The van der Waals surface area contributed by atoms with Crippen LogP contribution in [-0.2, 0) is 6.42 Å². The van der Waals surface area contributed by atoms with E-state index in [9.17, 15) is 0 Å². The van der Waals surface area contributed by atoms with Gasteiger partial charge in [-0.15, -0.1) is 0 Å². The topological polar surface area (TPSA) is 24.9 Å². The van der Waals surface area contributed by atoms with Crippen molar-refractivity contribution in [3.8, 4) is 0 Å². The number of pyridine rings is 1. The number of likely N-dealkylation sites (N-methyl/N-ethyl adjacent to an activating group) is 1. The van der Waals surface area contributed by atoms with Crippen molar-refractivity contribution in [2.45, 2.75) is 46.1 Å². The second-order valence-corrected chi connectivity index (χ2v) is 4.82. The second kappa shape index (κ2) is 7.67. The fourth-order valence-corrected chi connectivity index (χ4v) is 2.53. The van der Waals surface area contributed by atoms with Gasteiger partial charge < -0.3 is 5.32 Å². The Labute approximate surface area is 110 Å². The molecule has 1 aromatic heterocycles. The predicted octanol–water partition coefficient (Wildman–Crippen LogP) is 3.69. The number of aromatic nitrogens is 1. The lowest BCUT2D eigenvalue weighted by atomic mass is 9.89. The summed E-state index contributed by atoms with van der Waals surface area (Å²) in [5.74, 6) is 0.708. The van der Waals surface area contributed by atoms with Crippen LogP contribution in [0.1, 0.15) is 39.2 Å². The predicted molar refractivity (Wildman–Crippen MR) is 74.5 cm³/mol. The molecular formula is C14H23ClN2. The van der Waals surface area contributed by atoms with Crippen LogP contribution < -0.4 is 5.32 Å². The Kier molecular flexibility index (Phi) is 6.53. The zero-order valence-corrected chi connectivity index (χ0v) is 11.8. The third kappa shape index (κ3) is 4.29. The molecule has 0 spiro atoms. The molecule has 0 aliphatic heterocycles. The van der Waals surface area contributed by atoms with Crippen molar-refractivity contribution in [1.29, 1.82) is 0 Å². The summed E-state index contributed by atoms with van der Waals surface area (Å²) in [5.41, 5.74) is 1.19. The molecule has 0 saturated carbocycles. The van der Waals surface area contributed by atoms with Gasteiger partial charge in [-0.3, -0.25) is 4.98 Å². The monoisotopic (exact) mass is 254 g/mol. The van der Waals surface area contributed by atoms with E-state index in [-0.39, 0.29) is 0 Å². The molecule has 1 N–H and O–H groups in total. The number of rotatable bonds is 7. The average molecular weight is 255 g/mol.